The van der Waals surface area contributed by atoms with Crippen LogP contribution in [0.2, 0.25) is 0 Å². The van der Waals surface area contributed by atoms with Crippen LogP contribution in [0.1, 0.15) is 5.56 Å². The van der Waals surface area contributed by atoms with Gasteiger partial charge in [-0.1, -0.05) is 18.2 Å². The summed E-state index contributed by atoms with van der Waals surface area (Å²) in [6, 6.07) is 16.5. The molecule has 1 fully saturated rings. The zero-order valence-electron chi connectivity index (χ0n) is 13.0. The van der Waals surface area contributed by atoms with Gasteiger partial charge in [0.25, 0.3) is 0 Å². The van der Waals surface area contributed by atoms with Crippen molar-refractivity contribution in [2.75, 3.05) is 43.9 Å². The molecule has 1 aliphatic heterocycles. The van der Waals surface area contributed by atoms with Crippen LogP contribution < -0.4 is 15.4 Å². The maximum Gasteiger partial charge on any atom is 0.118 e. The van der Waals surface area contributed by atoms with E-state index in [9.17, 15) is 0 Å². The first kappa shape index (κ1) is 14.7. The summed E-state index contributed by atoms with van der Waals surface area (Å²) in [7, 11) is 1.70. The SMILES string of the molecule is COc1ccc(CN2CCN(c3cccc(N)c3)CC2)cc1. The number of nitrogens with two attached hydrogens (primary N) is 1. The number of piperazine rings is 1. The molecule has 0 bridgehead atoms. The van der Waals surface area contributed by atoms with Gasteiger partial charge in [0, 0.05) is 44.1 Å². The summed E-state index contributed by atoms with van der Waals surface area (Å²) in [6.07, 6.45) is 0. The zero-order chi connectivity index (χ0) is 15.4. The molecule has 116 valence electrons. The van der Waals surface area contributed by atoms with E-state index in [1.165, 1.54) is 11.3 Å². The molecule has 2 aromatic carbocycles. The molecule has 2 aromatic rings. The smallest absolute Gasteiger partial charge is 0.118 e. The highest BCUT2D eigenvalue weighted by Crippen LogP contribution is 2.20. The lowest BCUT2D eigenvalue weighted by Crippen LogP contribution is -2.45. The van der Waals surface area contributed by atoms with Crippen molar-refractivity contribution in [2.45, 2.75) is 6.54 Å². The van der Waals surface area contributed by atoms with E-state index < -0.39 is 0 Å². The zero-order valence-corrected chi connectivity index (χ0v) is 13.0. The first-order valence-electron chi connectivity index (χ1n) is 7.70. The van der Waals surface area contributed by atoms with Crippen molar-refractivity contribution >= 4 is 11.4 Å². The molecule has 0 radical (unpaired) electrons. The van der Waals surface area contributed by atoms with Gasteiger partial charge in [-0.05, 0) is 35.9 Å². The summed E-state index contributed by atoms with van der Waals surface area (Å²) >= 11 is 0. The van der Waals surface area contributed by atoms with Crippen LogP contribution in [-0.2, 0) is 6.54 Å². The van der Waals surface area contributed by atoms with Crippen molar-refractivity contribution < 1.29 is 4.74 Å². The van der Waals surface area contributed by atoms with Crippen LogP contribution in [0.4, 0.5) is 11.4 Å². The minimum Gasteiger partial charge on any atom is -0.497 e. The summed E-state index contributed by atoms with van der Waals surface area (Å²) in [5, 5.41) is 0. The molecule has 0 unspecified atom stereocenters. The fourth-order valence-electron chi connectivity index (χ4n) is 2.87. The van der Waals surface area contributed by atoms with Gasteiger partial charge in [0.2, 0.25) is 0 Å². The molecule has 0 amide bonds. The first-order chi connectivity index (χ1) is 10.7. The van der Waals surface area contributed by atoms with Crippen molar-refractivity contribution in [3.8, 4) is 5.75 Å². The third kappa shape index (κ3) is 3.52. The molecule has 4 nitrogen and oxygen atoms in total. The molecule has 2 N–H and O–H groups in total. The third-order valence-electron chi connectivity index (χ3n) is 4.17. The summed E-state index contributed by atoms with van der Waals surface area (Å²) < 4.78 is 5.20. The van der Waals surface area contributed by atoms with Crippen LogP contribution in [0, 0.1) is 0 Å². The van der Waals surface area contributed by atoms with Crippen molar-refractivity contribution in [3.63, 3.8) is 0 Å². The molecule has 1 saturated heterocycles. The number of methoxy groups -OCH3 is 1. The van der Waals surface area contributed by atoms with Gasteiger partial charge in [0.15, 0.2) is 0 Å². The molecule has 4 heteroatoms. The quantitative estimate of drug-likeness (QED) is 0.881. The topological polar surface area (TPSA) is 41.7 Å². The van der Waals surface area contributed by atoms with Gasteiger partial charge in [-0.25, -0.2) is 0 Å². The van der Waals surface area contributed by atoms with E-state index in [0.29, 0.717) is 0 Å². The largest absolute Gasteiger partial charge is 0.497 e. The van der Waals surface area contributed by atoms with Crippen molar-refractivity contribution in [1.29, 1.82) is 0 Å². The van der Waals surface area contributed by atoms with E-state index in [1.54, 1.807) is 7.11 Å². The number of rotatable bonds is 4. The second-order valence-corrected chi connectivity index (χ2v) is 5.71. The molecule has 0 spiro atoms. The van der Waals surface area contributed by atoms with E-state index in [1.807, 2.05) is 24.3 Å². The minimum absolute atomic E-state index is 0.832. The van der Waals surface area contributed by atoms with Crippen molar-refractivity contribution in [2.24, 2.45) is 0 Å². The van der Waals surface area contributed by atoms with E-state index in [2.05, 4.69) is 34.1 Å². The van der Waals surface area contributed by atoms with E-state index in [4.69, 9.17) is 10.5 Å². The minimum atomic E-state index is 0.832. The number of benzene rings is 2. The Morgan fingerprint density at radius 1 is 1.00 bits per heavy atom. The van der Waals surface area contributed by atoms with Gasteiger partial charge >= 0.3 is 0 Å². The maximum absolute atomic E-state index is 5.87. The van der Waals surface area contributed by atoms with Crippen LogP contribution in [0.15, 0.2) is 48.5 Å². The van der Waals surface area contributed by atoms with Crippen LogP contribution in [-0.4, -0.2) is 38.2 Å². The summed E-state index contributed by atoms with van der Waals surface area (Å²) in [5.74, 6) is 0.912. The molecule has 0 saturated carbocycles. The summed E-state index contributed by atoms with van der Waals surface area (Å²) in [5.41, 5.74) is 9.26. The second-order valence-electron chi connectivity index (χ2n) is 5.71. The van der Waals surface area contributed by atoms with E-state index in [0.717, 1.165) is 44.2 Å². The van der Waals surface area contributed by atoms with Crippen molar-refractivity contribution in [1.82, 2.24) is 4.90 Å². The number of nitrogens with zero attached hydrogens (tertiary/aromatic N) is 2. The lowest BCUT2D eigenvalue weighted by Gasteiger charge is -2.36. The Balaban J connectivity index is 1.55. The highest BCUT2D eigenvalue weighted by molar-refractivity contribution is 5.56. The first-order valence-corrected chi connectivity index (χ1v) is 7.70. The number of hydrogen-bond acceptors (Lipinski definition) is 4. The van der Waals surface area contributed by atoms with Crippen LogP contribution in [0.5, 0.6) is 5.75 Å². The second kappa shape index (κ2) is 6.71. The fourth-order valence-corrected chi connectivity index (χ4v) is 2.87. The molecule has 22 heavy (non-hydrogen) atoms. The molecular formula is C18H23N3O. The average molecular weight is 297 g/mol. The highest BCUT2D eigenvalue weighted by atomic mass is 16.5. The van der Waals surface area contributed by atoms with Crippen molar-refractivity contribution in [3.05, 3.63) is 54.1 Å². The fraction of sp³-hybridized carbons (Fsp3) is 0.333. The predicted molar refractivity (Wildman–Crippen MR) is 91.3 cm³/mol. The Bertz CT molecular complexity index is 604. The highest BCUT2D eigenvalue weighted by Gasteiger charge is 2.17. The Hall–Kier alpha value is -2.20. The number of hydrogen-bond donors (Lipinski definition) is 1. The normalized spacial score (nSPS) is 15.8. The van der Waals surface area contributed by atoms with Gasteiger partial charge in [-0.3, -0.25) is 4.90 Å². The average Bonchev–Trinajstić information content (AvgIpc) is 2.56. The number of nitrogen functional groups attached to an aromatic ring is 1. The van der Waals surface area contributed by atoms with Gasteiger partial charge in [-0.2, -0.15) is 0 Å². The monoisotopic (exact) mass is 297 g/mol. The third-order valence-corrected chi connectivity index (χ3v) is 4.17. The van der Waals surface area contributed by atoms with Gasteiger partial charge < -0.3 is 15.4 Å². The molecule has 0 atom stereocenters. The summed E-state index contributed by atoms with van der Waals surface area (Å²) in [4.78, 5) is 4.89. The molecule has 1 heterocycles. The Morgan fingerprint density at radius 3 is 2.36 bits per heavy atom. The standard InChI is InChI=1S/C18H23N3O/c1-22-18-7-5-15(6-8-18)14-20-9-11-21(12-10-20)17-4-2-3-16(19)13-17/h2-8,13H,9-12,14,19H2,1H3. The molecule has 1 aliphatic rings. The molecule has 0 aliphatic carbocycles. The van der Waals surface area contributed by atoms with Gasteiger partial charge in [0.05, 0.1) is 7.11 Å². The Kier molecular flexibility index (Phi) is 4.49. The maximum atomic E-state index is 5.87. The van der Waals surface area contributed by atoms with Crippen LogP contribution in [0.3, 0.4) is 0 Å². The molecule has 3 rings (SSSR count). The Labute approximate surface area is 132 Å². The molecular weight excluding hydrogens is 274 g/mol. The number of ether oxygens (including phenoxy) is 1. The Morgan fingerprint density at radius 2 is 1.73 bits per heavy atom. The van der Waals surface area contributed by atoms with Gasteiger partial charge in [0.1, 0.15) is 5.75 Å². The predicted octanol–water partition coefficient (Wildman–Crippen LogP) is 2.60. The van der Waals surface area contributed by atoms with E-state index in [-0.39, 0.29) is 0 Å². The molecule has 0 aromatic heterocycles. The van der Waals surface area contributed by atoms with E-state index >= 15 is 0 Å². The number of anilines is 2. The van der Waals surface area contributed by atoms with Crippen LogP contribution >= 0.6 is 0 Å². The van der Waals surface area contributed by atoms with Crippen LogP contribution in [0.25, 0.3) is 0 Å². The lowest BCUT2D eigenvalue weighted by atomic mass is 10.1. The lowest BCUT2D eigenvalue weighted by molar-refractivity contribution is 0.250. The summed E-state index contributed by atoms with van der Waals surface area (Å²) in [6.45, 7) is 5.22. The van der Waals surface area contributed by atoms with Gasteiger partial charge in [-0.15, -0.1) is 0 Å².